The quantitative estimate of drug-likeness (QED) is 0.873. The fraction of sp³-hybridized carbons (Fsp3) is 0.529. The van der Waals surface area contributed by atoms with Crippen LogP contribution in [-0.4, -0.2) is 46.7 Å². The Morgan fingerprint density at radius 2 is 1.59 bits per heavy atom. The third-order valence-electron chi connectivity index (χ3n) is 3.82. The first-order valence-corrected chi connectivity index (χ1v) is 7.76. The lowest BCUT2D eigenvalue weighted by Crippen LogP contribution is -2.19. The normalized spacial score (nSPS) is 14.3. The second kappa shape index (κ2) is 9.20. The van der Waals surface area contributed by atoms with Gasteiger partial charge in [0, 0.05) is 0 Å². The van der Waals surface area contributed by atoms with Crippen molar-refractivity contribution in [1.82, 2.24) is 4.90 Å². The minimum atomic E-state index is -1.11. The molecule has 0 radical (unpaired) electrons. The first kappa shape index (κ1) is 18.2. The molecule has 1 aromatic rings. The topological polar surface area (TPSA) is 77.8 Å². The molecule has 0 bridgehead atoms. The van der Waals surface area contributed by atoms with E-state index < -0.39 is 11.9 Å². The van der Waals surface area contributed by atoms with Crippen LogP contribution in [0.3, 0.4) is 0 Å². The third kappa shape index (κ3) is 5.48. The van der Waals surface area contributed by atoms with Gasteiger partial charge in [-0.15, -0.1) is 0 Å². The fourth-order valence-corrected chi connectivity index (χ4v) is 2.49. The highest BCUT2D eigenvalue weighted by Gasteiger charge is 2.13. The van der Waals surface area contributed by atoms with E-state index in [1.54, 1.807) is 0 Å². The lowest BCUT2D eigenvalue weighted by Gasteiger charge is -2.12. The number of unbranched alkanes of at least 4 members (excludes halogenated alkanes) is 1. The molecule has 122 valence electrons. The third-order valence-corrected chi connectivity index (χ3v) is 3.82. The maximum absolute atomic E-state index is 10.6. The van der Waals surface area contributed by atoms with Gasteiger partial charge in [0.25, 0.3) is 0 Å². The Morgan fingerprint density at radius 1 is 1.09 bits per heavy atom. The van der Waals surface area contributed by atoms with Gasteiger partial charge in [-0.05, 0) is 63.5 Å². The van der Waals surface area contributed by atoms with Crippen LogP contribution in [0.15, 0.2) is 18.2 Å². The van der Waals surface area contributed by atoms with Crippen molar-refractivity contribution < 1.29 is 19.8 Å². The average molecular weight is 307 g/mol. The smallest absolute Gasteiger partial charge is 0.335 e. The summed E-state index contributed by atoms with van der Waals surface area (Å²) in [5.41, 5.74) is 0.335. The average Bonchev–Trinajstić information content (AvgIpc) is 2.98. The van der Waals surface area contributed by atoms with Gasteiger partial charge in [0.1, 0.15) is 0 Å². The molecule has 0 spiro atoms. The summed E-state index contributed by atoms with van der Waals surface area (Å²) < 4.78 is 0. The SMILES string of the molecule is CCCCN1CCCC1.Cc1c(C(=O)O)cccc1C(=O)O. The van der Waals surface area contributed by atoms with Crippen LogP contribution < -0.4 is 0 Å². The molecule has 0 unspecified atom stereocenters. The van der Waals surface area contributed by atoms with Gasteiger partial charge in [-0.3, -0.25) is 0 Å². The predicted molar refractivity (Wildman–Crippen MR) is 85.7 cm³/mol. The zero-order valence-electron chi connectivity index (χ0n) is 13.3. The molecule has 1 saturated heterocycles. The molecule has 1 heterocycles. The van der Waals surface area contributed by atoms with Gasteiger partial charge in [0.2, 0.25) is 0 Å². The van der Waals surface area contributed by atoms with E-state index in [2.05, 4.69) is 11.8 Å². The molecule has 0 aromatic heterocycles. The Labute approximate surface area is 131 Å². The molecule has 1 aromatic carbocycles. The molecule has 0 atom stereocenters. The standard InChI is InChI=1S/C9H8O4.C8H17N/c1-5-6(8(10)11)3-2-4-7(5)9(12)13;1-2-3-6-9-7-4-5-8-9/h2-4H,1H3,(H,10,11)(H,12,13);2-8H2,1H3. The van der Waals surface area contributed by atoms with Gasteiger partial charge in [0.05, 0.1) is 11.1 Å². The Kier molecular flexibility index (Phi) is 7.60. The van der Waals surface area contributed by atoms with Crippen molar-refractivity contribution in [1.29, 1.82) is 0 Å². The number of rotatable bonds is 5. The number of nitrogens with zero attached hydrogens (tertiary/aromatic N) is 1. The van der Waals surface area contributed by atoms with Crippen LogP contribution >= 0.6 is 0 Å². The second-order valence-electron chi connectivity index (χ2n) is 5.49. The summed E-state index contributed by atoms with van der Waals surface area (Å²) in [5.74, 6) is -2.22. The highest BCUT2D eigenvalue weighted by molar-refractivity contribution is 5.96. The van der Waals surface area contributed by atoms with Gasteiger partial charge in [-0.2, -0.15) is 0 Å². The van der Waals surface area contributed by atoms with Gasteiger partial charge in [-0.25, -0.2) is 9.59 Å². The minimum absolute atomic E-state index is 0.0277. The molecular weight excluding hydrogens is 282 g/mol. The predicted octanol–water partition coefficient (Wildman–Crippen LogP) is 3.27. The first-order valence-electron chi connectivity index (χ1n) is 7.76. The molecule has 0 aliphatic carbocycles. The van der Waals surface area contributed by atoms with Gasteiger partial charge in [0.15, 0.2) is 0 Å². The summed E-state index contributed by atoms with van der Waals surface area (Å²) in [4.78, 5) is 23.8. The van der Waals surface area contributed by atoms with E-state index >= 15 is 0 Å². The van der Waals surface area contributed by atoms with Gasteiger partial charge >= 0.3 is 11.9 Å². The maximum Gasteiger partial charge on any atom is 0.335 e. The molecule has 1 aliphatic rings. The van der Waals surface area contributed by atoms with Crippen molar-refractivity contribution in [3.05, 3.63) is 34.9 Å². The monoisotopic (exact) mass is 307 g/mol. The number of hydrogen-bond donors (Lipinski definition) is 2. The lowest BCUT2D eigenvalue weighted by molar-refractivity contribution is 0.0696. The number of carboxylic acid groups (broad SMARTS) is 2. The van der Waals surface area contributed by atoms with Crippen molar-refractivity contribution in [3.8, 4) is 0 Å². The molecule has 0 amide bonds. The Bertz CT molecular complexity index is 475. The molecule has 1 fully saturated rings. The summed E-state index contributed by atoms with van der Waals surface area (Å²) in [7, 11) is 0. The van der Waals surface area contributed by atoms with Crippen LogP contribution in [0.4, 0.5) is 0 Å². The number of aromatic carboxylic acids is 2. The number of carboxylic acids is 2. The summed E-state index contributed by atoms with van der Waals surface area (Å²) in [6.07, 6.45) is 5.60. The highest BCUT2D eigenvalue weighted by Crippen LogP contribution is 2.13. The van der Waals surface area contributed by atoms with Crippen molar-refractivity contribution in [3.63, 3.8) is 0 Å². The van der Waals surface area contributed by atoms with Gasteiger partial charge in [-0.1, -0.05) is 19.4 Å². The summed E-state index contributed by atoms with van der Waals surface area (Å²) in [6.45, 7) is 7.81. The molecule has 1 aliphatic heterocycles. The molecule has 2 N–H and O–H groups in total. The van der Waals surface area contributed by atoms with Crippen LogP contribution in [0, 0.1) is 6.92 Å². The lowest BCUT2D eigenvalue weighted by atomic mass is 10.0. The minimum Gasteiger partial charge on any atom is -0.478 e. The van der Waals surface area contributed by atoms with Crippen LogP contribution in [0.25, 0.3) is 0 Å². The van der Waals surface area contributed by atoms with Crippen molar-refractivity contribution in [2.75, 3.05) is 19.6 Å². The Balaban J connectivity index is 0.000000235. The van der Waals surface area contributed by atoms with E-state index in [0.29, 0.717) is 0 Å². The zero-order valence-corrected chi connectivity index (χ0v) is 13.3. The largest absolute Gasteiger partial charge is 0.478 e. The Hall–Kier alpha value is -1.88. The van der Waals surface area contributed by atoms with E-state index in [9.17, 15) is 9.59 Å². The Morgan fingerprint density at radius 3 is 2.00 bits per heavy atom. The second-order valence-corrected chi connectivity index (χ2v) is 5.49. The number of benzene rings is 1. The first-order chi connectivity index (χ1) is 10.5. The fourth-order valence-electron chi connectivity index (χ4n) is 2.49. The number of hydrogen-bond acceptors (Lipinski definition) is 3. The highest BCUT2D eigenvalue weighted by atomic mass is 16.4. The maximum atomic E-state index is 10.6. The van der Waals surface area contributed by atoms with Crippen LogP contribution in [0.5, 0.6) is 0 Å². The van der Waals surface area contributed by atoms with Crippen LogP contribution in [-0.2, 0) is 0 Å². The molecular formula is C17H25NO4. The number of likely N-dealkylation sites (tertiary alicyclic amines) is 1. The summed E-state index contributed by atoms with van der Waals surface area (Å²) in [5, 5.41) is 17.4. The molecule has 22 heavy (non-hydrogen) atoms. The van der Waals surface area contributed by atoms with E-state index in [1.807, 2.05) is 0 Å². The van der Waals surface area contributed by atoms with Crippen molar-refractivity contribution >= 4 is 11.9 Å². The van der Waals surface area contributed by atoms with Gasteiger partial charge < -0.3 is 15.1 Å². The van der Waals surface area contributed by atoms with E-state index in [4.69, 9.17) is 10.2 Å². The van der Waals surface area contributed by atoms with Crippen LogP contribution in [0.1, 0.15) is 58.9 Å². The zero-order chi connectivity index (χ0) is 16.5. The molecule has 5 heteroatoms. The van der Waals surface area contributed by atoms with E-state index in [-0.39, 0.29) is 16.7 Å². The molecule has 5 nitrogen and oxygen atoms in total. The van der Waals surface area contributed by atoms with Crippen molar-refractivity contribution in [2.45, 2.75) is 39.5 Å². The molecule has 2 rings (SSSR count). The summed E-state index contributed by atoms with van der Waals surface area (Å²) >= 11 is 0. The van der Waals surface area contributed by atoms with E-state index in [0.717, 1.165) is 0 Å². The van der Waals surface area contributed by atoms with E-state index in [1.165, 1.54) is 70.4 Å². The van der Waals surface area contributed by atoms with Crippen molar-refractivity contribution in [2.24, 2.45) is 0 Å². The number of carbonyl (C=O) groups is 2. The summed E-state index contributed by atoms with van der Waals surface area (Å²) in [6, 6.07) is 4.17. The van der Waals surface area contributed by atoms with Crippen LogP contribution in [0.2, 0.25) is 0 Å². The molecule has 0 saturated carbocycles.